The first-order valence-corrected chi connectivity index (χ1v) is 11.0. The number of aryl methyl sites for hydroxylation is 1. The van der Waals surface area contributed by atoms with Gasteiger partial charge in [0.15, 0.2) is 0 Å². The molecule has 1 N–H and O–H groups in total. The Labute approximate surface area is 186 Å². The maximum atomic E-state index is 12.9. The number of pyridine rings is 1. The summed E-state index contributed by atoms with van der Waals surface area (Å²) in [5.74, 6) is 0.104. The minimum Gasteiger partial charge on any atom is -0.465 e. The van der Waals surface area contributed by atoms with Crippen LogP contribution in [0.4, 0.5) is 10.5 Å². The Bertz CT molecular complexity index is 1170. The summed E-state index contributed by atoms with van der Waals surface area (Å²) in [4.78, 5) is 34.2. The van der Waals surface area contributed by atoms with Gasteiger partial charge in [0.1, 0.15) is 0 Å². The van der Waals surface area contributed by atoms with Gasteiger partial charge in [-0.05, 0) is 24.3 Å². The zero-order valence-electron chi connectivity index (χ0n) is 18.2. The van der Waals surface area contributed by atoms with E-state index in [1.54, 1.807) is 6.20 Å². The third kappa shape index (κ3) is 3.71. The summed E-state index contributed by atoms with van der Waals surface area (Å²) in [5.41, 5.74) is 5.25. The van der Waals surface area contributed by atoms with Crippen molar-refractivity contribution in [3.05, 3.63) is 59.5 Å². The molecular formula is C24H27N5O3. The Morgan fingerprint density at radius 2 is 2.00 bits per heavy atom. The van der Waals surface area contributed by atoms with Crippen LogP contribution in [-0.4, -0.2) is 69.2 Å². The molecule has 0 atom stereocenters. The number of benzene rings is 1. The van der Waals surface area contributed by atoms with Crippen LogP contribution in [0.15, 0.2) is 42.6 Å². The number of carbonyl (C=O) groups is 2. The second kappa shape index (κ2) is 8.27. The Balaban J connectivity index is 1.32. The molecule has 8 heteroatoms. The lowest BCUT2D eigenvalue weighted by atomic mass is 10.0. The Kier molecular flexibility index (Phi) is 5.30. The van der Waals surface area contributed by atoms with E-state index in [2.05, 4.69) is 20.5 Å². The molecule has 0 aliphatic carbocycles. The molecule has 0 spiro atoms. The summed E-state index contributed by atoms with van der Waals surface area (Å²) in [5, 5.41) is 10.4. The highest BCUT2D eigenvalue weighted by Gasteiger charge is 2.28. The molecule has 2 aliphatic heterocycles. The standard InChI is InChI=1S/C24H27N5O3/c1-26-21-8-11-28(24(31)32)15-20(21)19-6-5-18(14-22(19)26)29-13-12-27(16-23(29)30)10-7-17-4-2-3-9-25-17/h2-6,9,14H,7-8,10-13,15-16H2,1H3,(H,31,32). The van der Waals surface area contributed by atoms with E-state index >= 15 is 0 Å². The first kappa shape index (κ1) is 20.5. The predicted octanol–water partition coefficient (Wildman–Crippen LogP) is 2.50. The van der Waals surface area contributed by atoms with E-state index in [4.69, 9.17) is 0 Å². The number of amides is 2. The van der Waals surface area contributed by atoms with Gasteiger partial charge in [-0.3, -0.25) is 14.7 Å². The largest absolute Gasteiger partial charge is 0.465 e. The molecule has 2 aliphatic rings. The van der Waals surface area contributed by atoms with Gasteiger partial charge in [-0.2, -0.15) is 0 Å². The molecule has 2 amide bonds. The zero-order valence-corrected chi connectivity index (χ0v) is 18.2. The van der Waals surface area contributed by atoms with Crippen LogP contribution in [0.1, 0.15) is 17.0 Å². The molecule has 3 aromatic rings. The van der Waals surface area contributed by atoms with Crippen molar-refractivity contribution in [2.75, 3.05) is 37.6 Å². The molecule has 5 rings (SSSR count). The summed E-state index contributed by atoms with van der Waals surface area (Å²) in [7, 11) is 2.03. The fourth-order valence-corrected chi connectivity index (χ4v) is 4.90. The van der Waals surface area contributed by atoms with Gasteiger partial charge in [0.2, 0.25) is 5.91 Å². The van der Waals surface area contributed by atoms with Gasteiger partial charge in [0.25, 0.3) is 0 Å². The number of aromatic nitrogens is 2. The molecule has 166 valence electrons. The second-order valence-corrected chi connectivity index (χ2v) is 8.53. The van der Waals surface area contributed by atoms with Gasteiger partial charge in [-0.25, -0.2) is 4.79 Å². The fourth-order valence-electron chi connectivity index (χ4n) is 4.90. The monoisotopic (exact) mass is 433 g/mol. The van der Waals surface area contributed by atoms with Crippen molar-refractivity contribution in [2.24, 2.45) is 7.05 Å². The first-order chi connectivity index (χ1) is 15.5. The van der Waals surface area contributed by atoms with Crippen LogP contribution in [0.3, 0.4) is 0 Å². The van der Waals surface area contributed by atoms with Crippen molar-refractivity contribution in [1.29, 1.82) is 0 Å². The van der Waals surface area contributed by atoms with Gasteiger partial charge < -0.3 is 19.5 Å². The number of carbonyl (C=O) groups excluding carboxylic acids is 1. The second-order valence-electron chi connectivity index (χ2n) is 8.53. The topological polar surface area (TPSA) is 81.9 Å². The number of anilines is 1. The van der Waals surface area contributed by atoms with Crippen LogP contribution >= 0.6 is 0 Å². The minimum atomic E-state index is -0.879. The molecular weight excluding hydrogens is 406 g/mol. The number of piperazine rings is 1. The molecule has 1 fully saturated rings. The minimum absolute atomic E-state index is 0.104. The molecule has 4 heterocycles. The number of fused-ring (bicyclic) bond motifs is 3. The van der Waals surface area contributed by atoms with E-state index in [0.717, 1.165) is 47.4 Å². The molecule has 0 bridgehead atoms. The van der Waals surface area contributed by atoms with Crippen molar-refractivity contribution in [1.82, 2.24) is 19.4 Å². The molecule has 0 radical (unpaired) electrons. The third-order valence-electron chi connectivity index (χ3n) is 6.68. The molecule has 8 nitrogen and oxygen atoms in total. The average molecular weight is 434 g/mol. The van der Waals surface area contributed by atoms with Gasteiger partial charge in [0.05, 0.1) is 18.6 Å². The van der Waals surface area contributed by atoms with Crippen molar-refractivity contribution >= 4 is 28.6 Å². The number of rotatable bonds is 4. The normalized spacial score (nSPS) is 17.1. The van der Waals surface area contributed by atoms with E-state index in [0.29, 0.717) is 32.6 Å². The SMILES string of the molecule is Cn1c2c(c3ccc(N4CCN(CCc5ccccn5)CC4=O)cc31)CN(C(=O)O)CC2. The van der Waals surface area contributed by atoms with E-state index in [1.165, 1.54) is 10.6 Å². The van der Waals surface area contributed by atoms with Crippen molar-refractivity contribution < 1.29 is 14.7 Å². The zero-order chi connectivity index (χ0) is 22.2. The van der Waals surface area contributed by atoms with Crippen molar-refractivity contribution in [3.8, 4) is 0 Å². The fraction of sp³-hybridized carbons (Fsp3) is 0.375. The lowest BCUT2D eigenvalue weighted by Crippen LogP contribution is -2.50. The van der Waals surface area contributed by atoms with Crippen LogP contribution < -0.4 is 4.90 Å². The molecule has 2 aromatic heterocycles. The maximum absolute atomic E-state index is 12.9. The first-order valence-electron chi connectivity index (χ1n) is 11.0. The van der Waals surface area contributed by atoms with E-state index < -0.39 is 6.09 Å². The molecule has 0 unspecified atom stereocenters. The summed E-state index contributed by atoms with van der Waals surface area (Å²) >= 11 is 0. The third-order valence-corrected chi connectivity index (χ3v) is 6.68. The lowest BCUT2D eigenvalue weighted by Gasteiger charge is -2.34. The lowest BCUT2D eigenvalue weighted by molar-refractivity contribution is -0.121. The maximum Gasteiger partial charge on any atom is 0.407 e. The van der Waals surface area contributed by atoms with Crippen molar-refractivity contribution in [3.63, 3.8) is 0 Å². The highest BCUT2D eigenvalue weighted by atomic mass is 16.4. The van der Waals surface area contributed by atoms with Crippen LogP contribution in [0.2, 0.25) is 0 Å². The van der Waals surface area contributed by atoms with Crippen LogP contribution in [0.25, 0.3) is 10.9 Å². The quantitative estimate of drug-likeness (QED) is 0.684. The molecule has 1 saturated heterocycles. The summed E-state index contributed by atoms with van der Waals surface area (Å²) < 4.78 is 2.15. The Morgan fingerprint density at radius 3 is 2.75 bits per heavy atom. The Morgan fingerprint density at radius 1 is 1.12 bits per heavy atom. The number of carboxylic acid groups (broad SMARTS) is 1. The van der Waals surface area contributed by atoms with Gasteiger partial charge in [0, 0.05) is 80.3 Å². The van der Waals surface area contributed by atoms with E-state index in [1.807, 2.05) is 42.3 Å². The van der Waals surface area contributed by atoms with Crippen LogP contribution in [0, 0.1) is 0 Å². The van der Waals surface area contributed by atoms with Gasteiger partial charge in [-0.15, -0.1) is 0 Å². The van der Waals surface area contributed by atoms with Gasteiger partial charge in [-0.1, -0.05) is 12.1 Å². The molecule has 32 heavy (non-hydrogen) atoms. The number of nitrogens with zero attached hydrogens (tertiary/aromatic N) is 5. The smallest absolute Gasteiger partial charge is 0.407 e. The summed E-state index contributed by atoms with van der Waals surface area (Å²) in [6, 6.07) is 12.0. The van der Waals surface area contributed by atoms with E-state index in [9.17, 15) is 14.7 Å². The van der Waals surface area contributed by atoms with Gasteiger partial charge >= 0.3 is 6.09 Å². The van der Waals surface area contributed by atoms with E-state index in [-0.39, 0.29) is 5.91 Å². The summed E-state index contributed by atoms with van der Waals surface area (Å²) in [6.07, 6.45) is 2.46. The Hall–Kier alpha value is -3.39. The van der Waals surface area contributed by atoms with Crippen molar-refractivity contribution in [2.45, 2.75) is 19.4 Å². The predicted molar refractivity (Wildman–Crippen MR) is 122 cm³/mol. The summed E-state index contributed by atoms with van der Waals surface area (Å²) in [6.45, 7) is 3.63. The average Bonchev–Trinajstić information content (AvgIpc) is 3.09. The highest BCUT2D eigenvalue weighted by molar-refractivity contribution is 5.98. The van der Waals surface area contributed by atoms with Crippen LogP contribution in [-0.2, 0) is 31.2 Å². The highest BCUT2D eigenvalue weighted by Crippen LogP contribution is 2.33. The van der Waals surface area contributed by atoms with Crippen LogP contribution in [0.5, 0.6) is 0 Å². The number of hydrogen-bond donors (Lipinski definition) is 1. The molecule has 0 saturated carbocycles. The number of hydrogen-bond acceptors (Lipinski definition) is 4. The molecule has 1 aromatic carbocycles.